The molecule has 5 nitrogen and oxygen atoms in total. The van der Waals surface area contributed by atoms with E-state index in [-0.39, 0.29) is 6.10 Å². The highest BCUT2D eigenvalue weighted by Gasteiger charge is 2.22. The lowest BCUT2D eigenvalue weighted by molar-refractivity contribution is 0.129. The van der Waals surface area contributed by atoms with Crippen LogP contribution >= 0.6 is 0 Å². The van der Waals surface area contributed by atoms with Gasteiger partial charge >= 0.3 is 0 Å². The van der Waals surface area contributed by atoms with Gasteiger partial charge in [-0.05, 0) is 29.8 Å². The number of benzene rings is 2. The van der Waals surface area contributed by atoms with E-state index in [1.807, 2.05) is 55.7 Å². The molecule has 0 atom stereocenters. The van der Waals surface area contributed by atoms with Crippen molar-refractivity contribution in [1.29, 1.82) is 0 Å². The Labute approximate surface area is 166 Å². The van der Waals surface area contributed by atoms with Gasteiger partial charge in [-0.1, -0.05) is 36.4 Å². The number of hydrogen-bond donors (Lipinski definition) is 1. The normalized spacial score (nSPS) is 15.6. The Morgan fingerprint density at radius 1 is 1.07 bits per heavy atom. The number of rotatable bonds is 4. The zero-order valence-corrected chi connectivity index (χ0v) is 16.2. The lowest BCUT2D eigenvalue weighted by Crippen LogP contribution is -2.47. The number of aliphatic imine (C=N–C) groups is 1. The molecule has 0 bridgehead atoms. The Balaban J connectivity index is 1.34. The van der Waals surface area contributed by atoms with Crippen LogP contribution in [0.3, 0.4) is 0 Å². The Morgan fingerprint density at radius 2 is 1.82 bits per heavy atom. The zero-order chi connectivity index (χ0) is 19.2. The first-order valence-electron chi connectivity index (χ1n) is 9.83. The molecule has 0 aliphatic carbocycles. The highest BCUT2D eigenvalue weighted by molar-refractivity contribution is 5.83. The molecule has 0 saturated carbocycles. The topological polar surface area (TPSA) is 49.8 Å². The van der Waals surface area contributed by atoms with Crippen molar-refractivity contribution in [2.75, 3.05) is 20.1 Å². The van der Waals surface area contributed by atoms with E-state index >= 15 is 0 Å². The van der Waals surface area contributed by atoms with Gasteiger partial charge in [0.25, 0.3) is 0 Å². The maximum absolute atomic E-state index is 6.10. The summed E-state index contributed by atoms with van der Waals surface area (Å²) in [5.41, 5.74) is 2.25. The Kier molecular flexibility index (Phi) is 5.71. The van der Waals surface area contributed by atoms with Gasteiger partial charge in [-0.25, -0.2) is 0 Å². The van der Waals surface area contributed by atoms with E-state index in [9.17, 15) is 0 Å². The molecular weight excluding hydrogens is 348 g/mol. The fraction of sp³-hybridized carbons (Fsp3) is 0.304. The van der Waals surface area contributed by atoms with E-state index in [1.165, 1.54) is 10.9 Å². The summed E-state index contributed by atoms with van der Waals surface area (Å²) in [7, 11) is 1.85. The summed E-state index contributed by atoms with van der Waals surface area (Å²) in [6.45, 7) is 2.61. The fourth-order valence-electron chi connectivity index (χ4n) is 3.69. The smallest absolute Gasteiger partial charge is 0.193 e. The van der Waals surface area contributed by atoms with Crippen molar-refractivity contribution in [2.24, 2.45) is 4.99 Å². The van der Waals surface area contributed by atoms with Crippen LogP contribution in [0.4, 0.5) is 0 Å². The third kappa shape index (κ3) is 4.25. The quantitative estimate of drug-likeness (QED) is 0.557. The molecule has 1 aromatic heterocycles. The van der Waals surface area contributed by atoms with Crippen molar-refractivity contribution in [3.63, 3.8) is 0 Å². The minimum absolute atomic E-state index is 0.265. The molecule has 0 amide bonds. The van der Waals surface area contributed by atoms with E-state index in [1.54, 1.807) is 0 Å². The van der Waals surface area contributed by atoms with Gasteiger partial charge in [0.05, 0.1) is 5.52 Å². The van der Waals surface area contributed by atoms with Gasteiger partial charge in [-0.2, -0.15) is 0 Å². The molecule has 28 heavy (non-hydrogen) atoms. The minimum atomic E-state index is 0.265. The van der Waals surface area contributed by atoms with E-state index in [0.717, 1.165) is 49.7 Å². The van der Waals surface area contributed by atoms with Crippen LogP contribution in [0.2, 0.25) is 0 Å². The molecule has 0 unspecified atom stereocenters. The molecule has 5 heteroatoms. The molecule has 144 valence electrons. The number of ether oxygens (including phenoxy) is 1. The third-order valence-electron chi connectivity index (χ3n) is 5.18. The van der Waals surface area contributed by atoms with Crippen molar-refractivity contribution >= 4 is 16.9 Å². The fourth-order valence-corrected chi connectivity index (χ4v) is 3.69. The van der Waals surface area contributed by atoms with Crippen LogP contribution in [0, 0.1) is 0 Å². The minimum Gasteiger partial charge on any atom is -0.490 e. The predicted octanol–water partition coefficient (Wildman–Crippen LogP) is 3.85. The van der Waals surface area contributed by atoms with Crippen LogP contribution in [-0.4, -0.2) is 42.1 Å². The first kappa shape index (κ1) is 18.3. The van der Waals surface area contributed by atoms with Crippen LogP contribution in [0.25, 0.3) is 10.9 Å². The van der Waals surface area contributed by atoms with Gasteiger partial charge in [0.2, 0.25) is 0 Å². The molecule has 2 aromatic carbocycles. The molecule has 1 fully saturated rings. The van der Waals surface area contributed by atoms with E-state index < -0.39 is 0 Å². The van der Waals surface area contributed by atoms with Crippen LogP contribution in [0.5, 0.6) is 5.75 Å². The second-order valence-electron chi connectivity index (χ2n) is 7.01. The summed E-state index contributed by atoms with van der Waals surface area (Å²) < 4.78 is 6.10. The highest BCUT2D eigenvalue weighted by atomic mass is 16.5. The number of hydrogen-bond acceptors (Lipinski definition) is 3. The number of nitrogens with zero attached hydrogens (tertiary/aromatic N) is 3. The number of likely N-dealkylation sites (tertiary alicyclic amines) is 1. The van der Waals surface area contributed by atoms with Gasteiger partial charge in [-0.3, -0.25) is 9.98 Å². The Bertz CT molecular complexity index is 928. The highest BCUT2D eigenvalue weighted by Crippen LogP contribution is 2.19. The lowest BCUT2D eigenvalue weighted by Gasteiger charge is -2.34. The predicted molar refractivity (Wildman–Crippen MR) is 114 cm³/mol. The second-order valence-corrected chi connectivity index (χ2v) is 7.01. The Hall–Kier alpha value is -3.08. The third-order valence-corrected chi connectivity index (χ3v) is 5.18. The Morgan fingerprint density at radius 3 is 2.61 bits per heavy atom. The number of aromatic nitrogens is 1. The number of para-hydroxylation sites is 2. The van der Waals surface area contributed by atoms with Crippen molar-refractivity contribution in [1.82, 2.24) is 15.2 Å². The molecule has 3 aromatic rings. The van der Waals surface area contributed by atoms with Gasteiger partial charge in [0.15, 0.2) is 5.96 Å². The molecule has 1 N–H and O–H groups in total. The van der Waals surface area contributed by atoms with Crippen LogP contribution in [0.15, 0.2) is 71.9 Å². The average Bonchev–Trinajstić information content (AvgIpc) is 2.76. The van der Waals surface area contributed by atoms with Gasteiger partial charge in [0, 0.05) is 51.1 Å². The summed E-state index contributed by atoms with van der Waals surface area (Å²) in [5.74, 6) is 1.90. The summed E-state index contributed by atoms with van der Waals surface area (Å²) in [4.78, 5) is 11.2. The monoisotopic (exact) mass is 374 g/mol. The first-order valence-corrected chi connectivity index (χ1v) is 9.83. The zero-order valence-electron chi connectivity index (χ0n) is 16.2. The molecule has 2 heterocycles. The average molecular weight is 374 g/mol. The van der Waals surface area contributed by atoms with Gasteiger partial charge in [-0.15, -0.1) is 0 Å². The number of pyridine rings is 1. The largest absolute Gasteiger partial charge is 0.490 e. The van der Waals surface area contributed by atoms with Crippen molar-refractivity contribution in [3.05, 3.63) is 72.4 Å². The van der Waals surface area contributed by atoms with E-state index in [4.69, 9.17) is 4.74 Å². The van der Waals surface area contributed by atoms with Crippen LogP contribution in [0.1, 0.15) is 18.4 Å². The molecule has 4 rings (SSSR count). The number of nitrogens with one attached hydrogen (secondary N) is 1. The summed E-state index contributed by atoms with van der Waals surface area (Å²) >= 11 is 0. The molecule has 1 aliphatic heterocycles. The molecule has 1 saturated heterocycles. The van der Waals surface area contributed by atoms with Crippen LogP contribution < -0.4 is 10.1 Å². The molecule has 0 radical (unpaired) electrons. The van der Waals surface area contributed by atoms with Gasteiger partial charge < -0.3 is 15.0 Å². The molecule has 0 spiro atoms. The van der Waals surface area contributed by atoms with Gasteiger partial charge in [0.1, 0.15) is 11.9 Å². The standard InChI is InChI=1S/C23H26N4O/c1-24-23(26-17-18-11-14-25-22-10-6-5-9-21(18)22)27-15-12-20(13-16-27)28-19-7-3-2-4-8-19/h2-11,14,20H,12-13,15-17H2,1H3,(H,24,26). The maximum atomic E-state index is 6.10. The van der Waals surface area contributed by atoms with Crippen molar-refractivity contribution < 1.29 is 4.74 Å². The number of guanidine groups is 1. The summed E-state index contributed by atoms with van der Waals surface area (Å²) in [5, 5.41) is 4.70. The second kappa shape index (κ2) is 8.74. The van der Waals surface area contributed by atoms with E-state index in [0.29, 0.717) is 0 Å². The van der Waals surface area contributed by atoms with Crippen molar-refractivity contribution in [2.45, 2.75) is 25.5 Å². The van der Waals surface area contributed by atoms with Crippen LogP contribution in [-0.2, 0) is 6.54 Å². The molecule has 1 aliphatic rings. The molecular formula is C23H26N4O. The summed E-state index contributed by atoms with van der Waals surface area (Å²) in [6.07, 6.45) is 4.12. The lowest BCUT2D eigenvalue weighted by atomic mass is 10.1. The maximum Gasteiger partial charge on any atom is 0.193 e. The number of piperidine rings is 1. The SMILES string of the molecule is CN=C(NCc1ccnc2ccccc12)N1CCC(Oc2ccccc2)CC1. The summed E-state index contributed by atoms with van der Waals surface area (Å²) in [6, 6.07) is 20.4. The first-order chi connectivity index (χ1) is 13.8. The van der Waals surface area contributed by atoms with Crippen molar-refractivity contribution in [3.8, 4) is 5.75 Å². The van der Waals surface area contributed by atoms with E-state index in [2.05, 4.69) is 38.4 Å². The number of fused-ring (bicyclic) bond motifs is 1.